The zero-order valence-corrected chi connectivity index (χ0v) is 17.8. The van der Waals surface area contributed by atoms with Gasteiger partial charge in [0.25, 0.3) is 5.56 Å². The average Bonchev–Trinajstić information content (AvgIpc) is 2.80. The summed E-state index contributed by atoms with van der Waals surface area (Å²) in [6.07, 6.45) is 3.89. The highest BCUT2D eigenvalue weighted by molar-refractivity contribution is 6.30. The summed E-state index contributed by atoms with van der Waals surface area (Å²) in [6, 6.07) is 16.6. The molecule has 0 spiro atoms. The number of nitrogens with one attached hydrogen (secondary N) is 2. The lowest BCUT2D eigenvalue weighted by Gasteiger charge is -2.15. The van der Waals surface area contributed by atoms with Crippen LogP contribution in [0.3, 0.4) is 0 Å². The van der Waals surface area contributed by atoms with Crippen LogP contribution in [0.4, 0.5) is 10.3 Å². The summed E-state index contributed by atoms with van der Waals surface area (Å²) < 4.78 is 13.4. The van der Waals surface area contributed by atoms with Gasteiger partial charge in [-0.2, -0.15) is 0 Å². The summed E-state index contributed by atoms with van der Waals surface area (Å²) in [6.45, 7) is 0.400. The van der Waals surface area contributed by atoms with Gasteiger partial charge in [0.1, 0.15) is 5.82 Å². The Morgan fingerprint density at radius 1 is 1.00 bits per heavy atom. The normalized spacial score (nSPS) is 11.8. The summed E-state index contributed by atoms with van der Waals surface area (Å²) in [5.41, 5.74) is 9.09. The molecule has 0 fully saturated rings. The van der Waals surface area contributed by atoms with Crippen molar-refractivity contribution in [3.63, 3.8) is 0 Å². The van der Waals surface area contributed by atoms with Gasteiger partial charge in [-0.1, -0.05) is 35.9 Å². The first-order valence-corrected chi connectivity index (χ1v) is 10.4. The van der Waals surface area contributed by atoms with E-state index >= 15 is 0 Å². The fraction of sp³-hybridized carbons (Fsp3) is 0.125. The Balaban J connectivity index is 1.61. The van der Waals surface area contributed by atoms with Crippen LogP contribution in [-0.4, -0.2) is 27.5 Å². The summed E-state index contributed by atoms with van der Waals surface area (Å²) in [7, 11) is 0. The summed E-state index contributed by atoms with van der Waals surface area (Å²) in [4.78, 5) is 24.4. The number of pyridine rings is 1. The predicted octanol–water partition coefficient (Wildman–Crippen LogP) is 4.27. The van der Waals surface area contributed by atoms with Crippen LogP contribution >= 0.6 is 11.6 Å². The molecule has 1 unspecified atom stereocenters. The summed E-state index contributed by atoms with van der Waals surface area (Å²) in [5.74, 6) is -0.0733. The highest BCUT2D eigenvalue weighted by Crippen LogP contribution is 2.28. The van der Waals surface area contributed by atoms with Crippen molar-refractivity contribution in [3.8, 4) is 22.4 Å². The fourth-order valence-electron chi connectivity index (χ4n) is 3.38. The molecule has 8 heteroatoms. The molecule has 2 aromatic carbocycles. The highest BCUT2D eigenvalue weighted by atomic mass is 35.5. The number of aromatic amines is 1. The van der Waals surface area contributed by atoms with Crippen LogP contribution < -0.4 is 16.6 Å². The van der Waals surface area contributed by atoms with Crippen molar-refractivity contribution < 1.29 is 4.39 Å². The summed E-state index contributed by atoms with van der Waals surface area (Å²) in [5, 5.41) is 3.79. The molecule has 0 amide bonds. The number of aromatic nitrogens is 3. The van der Waals surface area contributed by atoms with E-state index in [2.05, 4.69) is 20.3 Å². The van der Waals surface area contributed by atoms with Crippen LogP contribution in [0.15, 0.2) is 77.9 Å². The Labute approximate surface area is 189 Å². The maximum absolute atomic E-state index is 13.4. The lowest BCUT2D eigenvalue weighted by atomic mass is 10.0. The quantitative estimate of drug-likeness (QED) is 0.391. The Kier molecular flexibility index (Phi) is 6.58. The van der Waals surface area contributed by atoms with E-state index in [4.69, 9.17) is 17.3 Å². The van der Waals surface area contributed by atoms with Gasteiger partial charge in [0.05, 0.1) is 11.3 Å². The second-order valence-corrected chi connectivity index (χ2v) is 7.79. The topological polar surface area (TPSA) is 96.7 Å². The molecule has 0 bridgehead atoms. The van der Waals surface area contributed by atoms with Gasteiger partial charge in [0.15, 0.2) is 0 Å². The number of H-pyrrole nitrogens is 1. The Bertz CT molecular complexity index is 1240. The molecule has 4 rings (SSSR count). The van der Waals surface area contributed by atoms with Crippen molar-refractivity contribution in [3.05, 3.63) is 99.8 Å². The SMILES string of the molecule is NC(CNc1nc(-c2ccncc2)c(-c2ccc(F)cc2)c(=O)[nH]1)Cc1ccc(Cl)cc1. The molecule has 6 nitrogen and oxygen atoms in total. The maximum atomic E-state index is 13.4. The molecule has 162 valence electrons. The number of rotatable bonds is 7. The molecule has 0 aliphatic heterocycles. The molecule has 32 heavy (non-hydrogen) atoms. The number of nitrogens with two attached hydrogens (primary N) is 1. The molecule has 0 aliphatic rings. The number of benzene rings is 2. The minimum atomic E-state index is -0.378. The maximum Gasteiger partial charge on any atom is 0.260 e. The average molecular weight is 450 g/mol. The van der Waals surface area contributed by atoms with Crippen molar-refractivity contribution in [1.29, 1.82) is 0 Å². The summed E-state index contributed by atoms with van der Waals surface area (Å²) >= 11 is 5.93. The first-order valence-electron chi connectivity index (χ1n) is 10.0. The van der Waals surface area contributed by atoms with Gasteiger partial charge in [-0.25, -0.2) is 9.37 Å². The van der Waals surface area contributed by atoms with E-state index in [1.165, 1.54) is 12.1 Å². The minimum Gasteiger partial charge on any atom is -0.354 e. The van der Waals surface area contributed by atoms with Gasteiger partial charge in [0, 0.05) is 35.6 Å². The van der Waals surface area contributed by atoms with Crippen LogP contribution in [0, 0.1) is 5.82 Å². The number of hydrogen-bond acceptors (Lipinski definition) is 5. The second kappa shape index (κ2) is 9.72. The molecule has 0 saturated carbocycles. The van der Waals surface area contributed by atoms with Crippen molar-refractivity contribution in [1.82, 2.24) is 15.0 Å². The van der Waals surface area contributed by atoms with E-state index in [9.17, 15) is 9.18 Å². The molecule has 4 N–H and O–H groups in total. The number of hydrogen-bond donors (Lipinski definition) is 3. The number of anilines is 1. The second-order valence-electron chi connectivity index (χ2n) is 7.35. The largest absolute Gasteiger partial charge is 0.354 e. The van der Waals surface area contributed by atoms with Gasteiger partial charge in [-0.15, -0.1) is 0 Å². The molecule has 2 aromatic heterocycles. The van der Waals surface area contributed by atoms with Crippen molar-refractivity contribution in [2.45, 2.75) is 12.5 Å². The molecule has 2 heterocycles. The van der Waals surface area contributed by atoms with Crippen molar-refractivity contribution in [2.75, 3.05) is 11.9 Å². The van der Waals surface area contributed by atoms with Gasteiger partial charge in [-0.05, 0) is 53.9 Å². The number of halogens is 2. The van der Waals surface area contributed by atoms with Crippen LogP contribution in [0.2, 0.25) is 5.02 Å². The molecule has 4 aromatic rings. The smallest absolute Gasteiger partial charge is 0.260 e. The van der Waals surface area contributed by atoms with Crippen molar-refractivity contribution in [2.24, 2.45) is 5.73 Å². The molecule has 0 saturated heterocycles. The van der Waals surface area contributed by atoms with Crippen LogP contribution in [0.25, 0.3) is 22.4 Å². The van der Waals surface area contributed by atoms with E-state index < -0.39 is 0 Å². The van der Waals surface area contributed by atoms with Gasteiger partial charge in [-0.3, -0.25) is 14.8 Å². The first kappa shape index (κ1) is 21.7. The minimum absolute atomic E-state index is 0.206. The Morgan fingerprint density at radius 3 is 2.38 bits per heavy atom. The predicted molar refractivity (Wildman–Crippen MR) is 125 cm³/mol. The van der Waals surface area contributed by atoms with Gasteiger partial charge < -0.3 is 11.1 Å². The number of nitrogens with zero attached hydrogens (tertiary/aromatic N) is 2. The van der Waals surface area contributed by atoms with Gasteiger partial charge in [0.2, 0.25) is 5.95 Å². The highest BCUT2D eigenvalue weighted by Gasteiger charge is 2.16. The third-order valence-corrected chi connectivity index (χ3v) is 5.20. The zero-order valence-electron chi connectivity index (χ0n) is 17.1. The standard InChI is InChI=1S/C24H21ClFN5O/c25-18-5-1-15(2-6-18)13-20(27)14-29-24-30-22(17-9-11-28-12-10-17)21(23(32)31-24)16-3-7-19(26)8-4-16/h1-12,20H,13-14,27H2,(H2,29,30,31,32). The zero-order chi connectivity index (χ0) is 22.5. The van der Waals surface area contributed by atoms with Crippen LogP contribution in [0.1, 0.15) is 5.56 Å². The third kappa shape index (κ3) is 5.19. The Morgan fingerprint density at radius 2 is 1.69 bits per heavy atom. The fourth-order valence-corrected chi connectivity index (χ4v) is 3.51. The van der Waals surface area contributed by atoms with E-state index in [1.54, 1.807) is 36.7 Å². The third-order valence-electron chi connectivity index (χ3n) is 4.95. The molecular formula is C24H21ClFN5O. The lowest BCUT2D eigenvalue weighted by Crippen LogP contribution is -2.32. The van der Waals surface area contributed by atoms with Crippen molar-refractivity contribution >= 4 is 17.5 Å². The first-order chi connectivity index (χ1) is 15.5. The molecular weight excluding hydrogens is 429 g/mol. The molecule has 0 aliphatic carbocycles. The lowest BCUT2D eigenvalue weighted by molar-refractivity contribution is 0.628. The monoisotopic (exact) mass is 449 g/mol. The van der Waals surface area contributed by atoms with E-state index in [1.807, 2.05) is 24.3 Å². The van der Waals surface area contributed by atoms with E-state index in [0.717, 1.165) is 11.1 Å². The molecule has 0 radical (unpaired) electrons. The van der Waals surface area contributed by atoms with Crippen LogP contribution in [0.5, 0.6) is 0 Å². The Hall–Kier alpha value is -3.55. The van der Waals surface area contributed by atoms with E-state index in [-0.39, 0.29) is 17.4 Å². The molecule has 1 atom stereocenters. The van der Waals surface area contributed by atoms with E-state index in [0.29, 0.717) is 40.8 Å². The van der Waals surface area contributed by atoms with Gasteiger partial charge >= 0.3 is 0 Å². The van der Waals surface area contributed by atoms with Crippen LogP contribution in [-0.2, 0) is 6.42 Å².